The number of rotatable bonds is 8. The van der Waals surface area contributed by atoms with Crippen molar-refractivity contribution >= 4 is 40.7 Å². The first-order valence-corrected chi connectivity index (χ1v) is 8.56. The normalized spacial score (nSPS) is 13.0. The Morgan fingerprint density at radius 2 is 1.41 bits per heavy atom. The van der Waals surface area contributed by atoms with E-state index in [1.165, 1.54) is 16.7 Å². The summed E-state index contributed by atoms with van der Waals surface area (Å²) in [6, 6.07) is 0. The predicted octanol–water partition coefficient (Wildman–Crippen LogP) is 5.89. The van der Waals surface area contributed by atoms with Crippen LogP contribution < -0.4 is 5.32 Å². The lowest BCUT2D eigenvalue weighted by Crippen LogP contribution is -2.34. The van der Waals surface area contributed by atoms with Gasteiger partial charge in [-0.15, -0.1) is 0 Å². The van der Waals surface area contributed by atoms with Crippen molar-refractivity contribution < 1.29 is 4.79 Å². The van der Waals surface area contributed by atoms with Crippen LogP contribution in [0.25, 0.3) is 0 Å². The summed E-state index contributed by atoms with van der Waals surface area (Å²) in [5, 5.41) is 2.56. The molecule has 0 atom stereocenters. The van der Waals surface area contributed by atoms with Gasteiger partial charge in [-0.05, 0) is 53.4 Å². The molecule has 0 unspecified atom stereocenters. The number of carbonyl (C=O) groups is 1. The van der Waals surface area contributed by atoms with Gasteiger partial charge in [-0.1, -0.05) is 69.8 Å². The third-order valence-corrected chi connectivity index (χ3v) is 3.61. The largest absolute Gasteiger partial charge is 0.349 e. The fourth-order valence-electron chi connectivity index (χ4n) is 1.76. The van der Waals surface area contributed by atoms with Gasteiger partial charge in [0.1, 0.15) is 0 Å². The monoisotopic (exact) mass is 365 g/mol. The first-order chi connectivity index (χ1) is 10.1. The van der Waals surface area contributed by atoms with Crippen molar-refractivity contribution in [2.45, 2.75) is 57.2 Å². The van der Waals surface area contributed by atoms with Crippen LogP contribution in [0.15, 0.2) is 34.9 Å². The molecule has 0 radical (unpaired) electrons. The zero-order valence-corrected chi connectivity index (χ0v) is 16.1. The Balaban J connectivity index is 4.02. The van der Waals surface area contributed by atoms with Crippen molar-refractivity contribution in [2.24, 2.45) is 0 Å². The van der Waals surface area contributed by atoms with Crippen LogP contribution in [0, 0.1) is 0 Å². The van der Waals surface area contributed by atoms with Gasteiger partial charge in [0.15, 0.2) is 0 Å². The average Bonchev–Trinajstić information content (AvgIpc) is 2.37. The van der Waals surface area contributed by atoms with E-state index in [9.17, 15) is 4.79 Å². The maximum Gasteiger partial charge on any atom is 0.272 e. The number of carbonyl (C=O) groups excluding carboxylic acids is 1. The Bertz CT molecular complexity index is 441. The van der Waals surface area contributed by atoms with Gasteiger partial charge < -0.3 is 5.32 Å². The lowest BCUT2D eigenvalue weighted by atomic mass is 10.1. The number of halogens is 3. The number of allylic oxidation sites excluding steroid dienone is 5. The Labute approximate surface area is 149 Å². The number of amides is 1. The molecule has 0 aromatic rings. The molecular weight excluding hydrogens is 341 g/mol. The van der Waals surface area contributed by atoms with E-state index in [0.29, 0.717) is 6.54 Å². The summed E-state index contributed by atoms with van der Waals surface area (Å²) in [5.41, 5.74) is 3.98. The molecular formula is C17H26Cl3NO. The predicted molar refractivity (Wildman–Crippen MR) is 98.7 cm³/mol. The van der Waals surface area contributed by atoms with E-state index < -0.39 is 9.70 Å². The minimum Gasteiger partial charge on any atom is -0.349 e. The lowest BCUT2D eigenvalue weighted by molar-refractivity contribution is -0.120. The Kier molecular flexibility index (Phi) is 10.9. The van der Waals surface area contributed by atoms with E-state index in [1.54, 1.807) is 0 Å². The van der Waals surface area contributed by atoms with Crippen LogP contribution in [0.3, 0.4) is 0 Å². The van der Waals surface area contributed by atoms with Gasteiger partial charge in [0.05, 0.1) is 0 Å². The summed E-state index contributed by atoms with van der Waals surface area (Å²) in [6.45, 7) is 8.82. The highest BCUT2D eigenvalue weighted by Crippen LogP contribution is 2.25. The average molecular weight is 367 g/mol. The Morgan fingerprint density at radius 1 is 0.909 bits per heavy atom. The van der Waals surface area contributed by atoms with Gasteiger partial charge in [0.2, 0.25) is 0 Å². The first kappa shape index (κ1) is 21.6. The van der Waals surface area contributed by atoms with E-state index in [4.69, 9.17) is 34.8 Å². The van der Waals surface area contributed by atoms with Crippen molar-refractivity contribution in [1.29, 1.82) is 0 Å². The summed E-state index contributed by atoms with van der Waals surface area (Å²) in [6.07, 6.45) is 10.6. The highest BCUT2D eigenvalue weighted by molar-refractivity contribution is 6.76. The molecule has 126 valence electrons. The number of nitrogens with one attached hydrogen (secondary N) is 1. The quantitative estimate of drug-likeness (QED) is 0.421. The summed E-state index contributed by atoms with van der Waals surface area (Å²) < 4.78 is -1.90. The maximum atomic E-state index is 11.3. The molecule has 0 bridgehead atoms. The SMILES string of the molecule is CC(C)=CCC/C(C)=C/CC/C(C)=C/CNC(=O)C(Cl)(Cl)Cl. The second kappa shape index (κ2) is 11.2. The van der Waals surface area contributed by atoms with E-state index >= 15 is 0 Å². The third-order valence-electron chi connectivity index (χ3n) is 3.09. The number of hydrogen-bond acceptors (Lipinski definition) is 1. The van der Waals surface area contributed by atoms with Crippen LogP contribution in [0.5, 0.6) is 0 Å². The van der Waals surface area contributed by atoms with Crippen LogP contribution in [-0.4, -0.2) is 16.2 Å². The summed E-state index contributed by atoms with van der Waals surface area (Å²) in [5.74, 6) is -0.600. The summed E-state index contributed by atoms with van der Waals surface area (Å²) in [7, 11) is 0. The molecule has 0 aliphatic rings. The molecule has 0 saturated carbocycles. The second-order valence-corrected chi connectivity index (χ2v) is 7.95. The molecule has 0 saturated heterocycles. The maximum absolute atomic E-state index is 11.3. The smallest absolute Gasteiger partial charge is 0.272 e. The van der Waals surface area contributed by atoms with Crippen molar-refractivity contribution in [3.63, 3.8) is 0 Å². The Hall–Kier alpha value is -0.440. The summed E-state index contributed by atoms with van der Waals surface area (Å²) >= 11 is 16.4. The number of hydrogen-bond donors (Lipinski definition) is 1. The van der Waals surface area contributed by atoms with E-state index in [1.807, 2.05) is 13.0 Å². The van der Waals surface area contributed by atoms with Crippen LogP contribution in [0.2, 0.25) is 0 Å². The first-order valence-electron chi connectivity index (χ1n) is 7.42. The van der Waals surface area contributed by atoms with Gasteiger partial charge >= 0.3 is 0 Å². The van der Waals surface area contributed by atoms with Crippen LogP contribution in [-0.2, 0) is 4.79 Å². The standard InChI is InChI=1S/C17H26Cl3NO/c1-13(2)7-5-8-14(3)9-6-10-15(4)11-12-21-16(22)17(18,19)20/h7,9,11H,5-6,8,10,12H2,1-4H3,(H,21,22)/b14-9+,15-11+. The van der Waals surface area contributed by atoms with E-state index in [2.05, 4.69) is 38.2 Å². The molecule has 5 heteroatoms. The number of alkyl halides is 3. The molecule has 0 aliphatic heterocycles. The zero-order valence-electron chi connectivity index (χ0n) is 13.8. The zero-order chi connectivity index (χ0) is 17.2. The summed E-state index contributed by atoms with van der Waals surface area (Å²) in [4.78, 5) is 11.3. The molecule has 1 N–H and O–H groups in total. The lowest BCUT2D eigenvalue weighted by Gasteiger charge is -2.10. The van der Waals surface area contributed by atoms with Crippen LogP contribution in [0.1, 0.15) is 53.4 Å². The topological polar surface area (TPSA) is 29.1 Å². The van der Waals surface area contributed by atoms with Gasteiger partial charge in [0.25, 0.3) is 9.70 Å². The fraction of sp³-hybridized carbons (Fsp3) is 0.588. The molecule has 0 fully saturated rings. The van der Waals surface area contributed by atoms with Gasteiger partial charge in [-0.3, -0.25) is 4.79 Å². The fourth-order valence-corrected chi connectivity index (χ4v) is 1.96. The molecule has 1 amide bonds. The minimum atomic E-state index is -1.90. The van der Waals surface area contributed by atoms with Gasteiger partial charge in [-0.2, -0.15) is 0 Å². The second-order valence-electron chi connectivity index (χ2n) is 5.67. The highest BCUT2D eigenvalue weighted by Gasteiger charge is 2.29. The van der Waals surface area contributed by atoms with Crippen molar-refractivity contribution in [1.82, 2.24) is 5.32 Å². The molecule has 22 heavy (non-hydrogen) atoms. The van der Waals surface area contributed by atoms with Crippen LogP contribution in [0.4, 0.5) is 0 Å². The van der Waals surface area contributed by atoms with Crippen LogP contribution >= 0.6 is 34.8 Å². The van der Waals surface area contributed by atoms with Gasteiger partial charge in [0, 0.05) is 6.54 Å². The minimum absolute atomic E-state index is 0.377. The molecule has 0 spiro atoms. The Morgan fingerprint density at radius 3 is 1.91 bits per heavy atom. The molecule has 0 aromatic heterocycles. The molecule has 0 aromatic carbocycles. The van der Waals surface area contributed by atoms with Crippen molar-refractivity contribution in [2.75, 3.05) is 6.54 Å². The molecule has 0 heterocycles. The molecule has 0 rings (SSSR count). The van der Waals surface area contributed by atoms with Gasteiger partial charge in [-0.25, -0.2) is 0 Å². The molecule has 0 aliphatic carbocycles. The van der Waals surface area contributed by atoms with Crippen molar-refractivity contribution in [3.8, 4) is 0 Å². The highest BCUT2D eigenvalue weighted by atomic mass is 35.6. The molecule has 2 nitrogen and oxygen atoms in total. The van der Waals surface area contributed by atoms with Crippen molar-refractivity contribution in [3.05, 3.63) is 34.9 Å². The van der Waals surface area contributed by atoms with E-state index in [-0.39, 0.29) is 0 Å². The van der Waals surface area contributed by atoms with E-state index in [0.717, 1.165) is 25.7 Å². The third kappa shape index (κ3) is 12.1.